The van der Waals surface area contributed by atoms with Gasteiger partial charge >= 0.3 is 5.97 Å². The van der Waals surface area contributed by atoms with E-state index in [1.807, 2.05) is 6.92 Å². The number of ether oxygens (including phenoxy) is 2. The number of allylic oxidation sites excluding steroid dienone is 1. The zero-order valence-electron chi connectivity index (χ0n) is 7.46. The SMILES string of the molecule is COC(=O)C/C=C(\OC)C(C)Br. The zero-order chi connectivity index (χ0) is 9.56. The van der Waals surface area contributed by atoms with E-state index >= 15 is 0 Å². The largest absolute Gasteiger partial charge is 0.500 e. The van der Waals surface area contributed by atoms with Crippen molar-refractivity contribution in [3.8, 4) is 0 Å². The number of carbonyl (C=O) groups excluding carboxylic acids is 1. The average molecular weight is 237 g/mol. The number of carbonyl (C=O) groups is 1. The molecule has 1 atom stereocenters. The second-order valence-corrected chi connectivity index (χ2v) is 3.58. The van der Waals surface area contributed by atoms with Crippen molar-refractivity contribution < 1.29 is 14.3 Å². The van der Waals surface area contributed by atoms with E-state index in [0.717, 1.165) is 5.76 Å². The van der Waals surface area contributed by atoms with Crippen molar-refractivity contribution in [2.24, 2.45) is 0 Å². The summed E-state index contributed by atoms with van der Waals surface area (Å²) < 4.78 is 9.48. The second-order valence-electron chi connectivity index (χ2n) is 2.21. The molecule has 0 aromatic rings. The first-order valence-electron chi connectivity index (χ1n) is 3.56. The van der Waals surface area contributed by atoms with Gasteiger partial charge in [-0.2, -0.15) is 0 Å². The van der Waals surface area contributed by atoms with Crippen molar-refractivity contribution >= 4 is 21.9 Å². The van der Waals surface area contributed by atoms with Crippen molar-refractivity contribution in [3.05, 3.63) is 11.8 Å². The van der Waals surface area contributed by atoms with E-state index in [2.05, 4.69) is 20.7 Å². The zero-order valence-corrected chi connectivity index (χ0v) is 9.05. The molecule has 0 saturated heterocycles. The number of hydrogen-bond acceptors (Lipinski definition) is 3. The second kappa shape index (κ2) is 6.06. The molecule has 70 valence electrons. The number of rotatable bonds is 4. The summed E-state index contributed by atoms with van der Waals surface area (Å²) in [6.07, 6.45) is 1.95. The molecule has 0 amide bonds. The lowest BCUT2D eigenvalue weighted by atomic mass is 10.3. The molecule has 0 heterocycles. The third-order valence-corrected chi connectivity index (χ3v) is 1.78. The topological polar surface area (TPSA) is 35.5 Å². The first-order chi connectivity index (χ1) is 5.61. The summed E-state index contributed by atoms with van der Waals surface area (Å²) in [5, 5.41) is 0. The van der Waals surface area contributed by atoms with Crippen LogP contribution in [0.3, 0.4) is 0 Å². The van der Waals surface area contributed by atoms with Crippen LogP contribution in [0.2, 0.25) is 0 Å². The minimum absolute atomic E-state index is 0.118. The summed E-state index contributed by atoms with van der Waals surface area (Å²) in [6, 6.07) is 0. The Hall–Kier alpha value is -0.510. The molecule has 0 aliphatic carbocycles. The smallest absolute Gasteiger partial charge is 0.309 e. The normalized spacial score (nSPS) is 13.8. The summed E-state index contributed by atoms with van der Waals surface area (Å²) in [7, 11) is 2.93. The quantitative estimate of drug-likeness (QED) is 0.425. The predicted octanol–water partition coefficient (Wildman–Crippen LogP) is 1.86. The Balaban J connectivity index is 4.03. The van der Waals surface area contributed by atoms with Gasteiger partial charge in [0, 0.05) is 0 Å². The van der Waals surface area contributed by atoms with E-state index in [4.69, 9.17) is 4.74 Å². The third-order valence-electron chi connectivity index (χ3n) is 1.33. The summed E-state index contributed by atoms with van der Waals surface area (Å²) in [6.45, 7) is 1.92. The summed E-state index contributed by atoms with van der Waals surface area (Å²) in [5.41, 5.74) is 0. The maximum atomic E-state index is 10.7. The van der Waals surface area contributed by atoms with E-state index in [9.17, 15) is 4.79 Å². The summed E-state index contributed by atoms with van der Waals surface area (Å²) in [4.78, 5) is 10.8. The standard InChI is InChI=1S/C8H13BrO3/c1-6(9)7(11-2)4-5-8(10)12-3/h4,6H,5H2,1-3H3/b7-4-. The molecule has 0 aliphatic heterocycles. The Morgan fingerprint density at radius 1 is 1.50 bits per heavy atom. The predicted molar refractivity (Wildman–Crippen MR) is 50.1 cm³/mol. The van der Waals surface area contributed by atoms with Crippen molar-refractivity contribution in [2.75, 3.05) is 14.2 Å². The van der Waals surface area contributed by atoms with Crippen molar-refractivity contribution in [1.29, 1.82) is 0 Å². The third kappa shape index (κ3) is 4.38. The fourth-order valence-electron chi connectivity index (χ4n) is 0.675. The Labute approximate surface area is 80.9 Å². The van der Waals surface area contributed by atoms with Gasteiger partial charge in [-0.15, -0.1) is 0 Å². The molecule has 0 aromatic carbocycles. The van der Waals surface area contributed by atoms with Gasteiger partial charge in [0.1, 0.15) is 5.76 Å². The average Bonchev–Trinajstić information content (AvgIpc) is 2.04. The molecule has 0 N–H and O–H groups in total. The molecule has 0 spiro atoms. The lowest BCUT2D eigenvalue weighted by Crippen LogP contribution is -2.02. The van der Waals surface area contributed by atoms with Gasteiger partial charge < -0.3 is 9.47 Å². The molecule has 3 nitrogen and oxygen atoms in total. The highest BCUT2D eigenvalue weighted by Crippen LogP contribution is 2.12. The van der Waals surface area contributed by atoms with E-state index < -0.39 is 0 Å². The first kappa shape index (κ1) is 11.5. The maximum Gasteiger partial charge on any atom is 0.309 e. The van der Waals surface area contributed by atoms with Gasteiger partial charge in [0.25, 0.3) is 0 Å². The fourth-order valence-corrected chi connectivity index (χ4v) is 1.05. The van der Waals surface area contributed by atoms with Crippen LogP contribution in [0.25, 0.3) is 0 Å². The van der Waals surface area contributed by atoms with Crippen LogP contribution in [0.5, 0.6) is 0 Å². The Morgan fingerprint density at radius 2 is 2.08 bits per heavy atom. The molecule has 0 saturated carbocycles. The van der Waals surface area contributed by atoms with E-state index in [1.54, 1.807) is 13.2 Å². The van der Waals surface area contributed by atoms with Crippen LogP contribution in [-0.4, -0.2) is 25.0 Å². The molecular weight excluding hydrogens is 224 g/mol. The molecular formula is C8H13BrO3. The molecule has 0 radical (unpaired) electrons. The van der Waals surface area contributed by atoms with Gasteiger partial charge in [-0.25, -0.2) is 0 Å². The maximum absolute atomic E-state index is 10.7. The van der Waals surface area contributed by atoms with Crippen LogP contribution in [0.1, 0.15) is 13.3 Å². The molecule has 0 aromatic heterocycles. The monoisotopic (exact) mass is 236 g/mol. The fraction of sp³-hybridized carbons (Fsp3) is 0.625. The molecule has 1 unspecified atom stereocenters. The Morgan fingerprint density at radius 3 is 2.42 bits per heavy atom. The highest BCUT2D eigenvalue weighted by molar-refractivity contribution is 9.09. The molecule has 0 bridgehead atoms. The minimum Gasteiger partial charge on any atom is -0.500 e. The van der Waals surface area contributed by atoms with E-state index in [-0.39, 0.29) is 17.2 Å². The lowest BCUT2D eigenvalue weighted by molar-refractivity contribution is -0.139. The minimum atomic E-state index is -0.266. The number of hydrogen-bond donors (Lipinski definition) is 0. The molecule has 0 aliphatic rings. The van der Waals surface area contributed by atoms with Gasteiger partial charge in [-0.05, 0) is 13.0 Å². The number of halogens is 1. The molecule has 0 rings (SSSR count). The number of esters is 1. The van der Waals surface area contributed by atoms with Crippen LogP contribution in [0.15, 0.2) is 11.8 Å². The van der Waals surface area contributed by atoms with Crippen LogP contribution < -0.4 is 0 Å². The summed E-state index contributed by atoms with van der Waals surface area (Å²) in [5.74, 6) is 0.470. The first-order valence-corrected chi connectivity index (χ1v) is 4.48. The highest BCUT2D eigenvalue weighted by Gasteiger charge is 2.05. The van der Waals surface area contributed by atoms with Gasteiger partial charge in [-0.1, -0.05) is 15.9 Å². The van der Waals surface area contributed by atoms with E-state index in [0.29, 0.717) is 0 Å². The Kier molecular flexibility index (Phi) is 5.80. The van der Waals surface area contributed by atoms with Crippen LogP contribution in [0.4, 0.5) is 0 Å². The van der Waals surface area contributed by atoms with Crippen LogP contribution in [-0.2, 0) is 14.3 Å². The highest BCUT2D eigenvalue weighted by atomic mass is 79.9. The van der Waals surface area contributed by atoms with Gasteiger partial charge in [-0.3, -0.25) is 4.79 Å². The van der Waals surface area contributed by atoms with Crippen LogP contribution in [0, 0.1) is 0 Å². The molecule has 4 heteroatoms. The van der Waals surface area contributed by atoms with Crippen molar-refractivity contribution in [3.63, 3.8) is 0 Å². The number of alkyl halides is 1. The van der Waals surface area contributed by atoms with Crippen LogP contribution >= 0.6 is 15.9 Å². The Bertz CT molecular complexity index is 175. The van der Waals surface area contributed by atoms with Gasteiger partial charge in [0.05, 0.1) is 25.5 Å². The number of methoxy groups -OCH3 is 2. The molecule has 12 heavy (non-hydrogen) atoms. The van der Waals surface area contributed by atoms with E-state index in [1.165, 1.54) is 7.11 Å². The lowest BCUT2D eigenvalue weighted by Gasteiger charge is -2.07. The molecule has 0 fully saturated rings. The van der Waals surface area contributed by atoms with Crippen molar-refractivity contribution in [1.82, 2.24) is 0 Å². The summed E-state index contributed by atoms with van der Waals surface area (Å²) >= 11 is 3.33. The van der Waals surface area contributed by atoms with Gasteiger partial charge in [0.15, 0.2) is 0 Å². The van der Waals surface area contributed by atoms with Crippen molar-refractivity contribution in [2.45, 2.75) is 18.2 Å². The van der Waals surface area contributed by atoms with Gasteiger partial charge in [0.2, 0.25) is 0 Å².